The van der Waals surface area contributed by atoms with Gasteiger partial charge in [-0.3, -0.25) is 38.8 Å². The van der Waals surface area contributed by atoms with Crippen molar-refractivity contribution < 1.29 is 38.1 Å². The fraction of sp³-hybridized carbons (Fsp3) is 0.542. The first-order chi connectivity index (χ1) is 60.4. The highest BCUT2D eigenvalue weighted by Crippen LogP contribution is 2.46. The molecule has 0 bridgehead atoms. The van der Waals surface area contributed by atoms with Crippen molar-refractivity contribution in [2.45, 2.75) is 207 Å². The van der Waals surface area contributed by atoms with Crippen molar-refractivity contribution in [3.63, 3.8) is 0 Å². The summed E-state index contributed by atoms with van der Waals surface area (Å²) in [5.41, 5.74) is 37.9. The van der Waals surface area contributed by atoms with E-state index in [-0.39, 0.29) is 54.2 Å². The van der Waals surface area contributed by atoms with Crippen LogP contribution in [0.5, 0.6) is 24.0 Å². The van der Waals surface area contributed by atoms with E-state index in [1.807, 2.05) is 19.6 Å². The summed E-state index contributed by atoms with van der Waals surface area (Å²) in [5, 5.41) is 0. The van der Waals surface area contributed by atoms with Crippen LogP contribution in [0.4, 0.5) is 46.5 Å². The Morgan fingerprint density at radius 2 is 0.556 bits per heavy atom. The minimum Gasteiger partial charge on any atom is -0.463 e. The van der Waals surface area contributed by atoms with Gasteiger partial charge in [0, 0.05) is 106 Å². The molecular weight excluding hydrogens is 1560 g/mol. The van der Waals surface area contributed by atoms with Crippen LogP contribution in [0.3, 0.4) is 0 Å². The maximum atomic E-state index is 12.5. The number of hydrogen-bond donors (Lipinski definition) is 4. The molecule has 4 saturated heterocycles. The van der Waals surface area contributed by atoms with E-state index in [9.17, 15) is 19.2 Å². The van der Waals surface area contributed by atoms with Gasteiger partial charge in [0.1, 0.15) is 46.5 Å². The van der Waals surface area contributed by atoms with Gasteiger partial charge in [-0.05, 0) is 217 Å². The molecular formula is C96H124N20O8. The first-order valence-corrected chi connectivity index (χ1v) is 45.8. The zero-order chi connectivity index (χ0) is 85.0. The number of aromatic nitrogens is 8. The molecule has 0 spiro atoms. The number of ether oxygens (including phenoxy) is 4. The lowest BCUT2D eigenvalue weighted by Crippen LogP contribution is -2.37. The summed E-state index contributed by atoms with van der Waals surface area (Å²) in [6.45, 7) is 21.9. The van der Waals surface area contributed by atoms with Crippen molar-refractivity contribution in [3.8, 4) is 24.0 Å². The van der Waals surface area contributed by atoms with Crippen LogP contribution >= 0.6 is 0 Å². The summed E-state index contributed by atoms with van der Waals surface area (Å²) in [6.07, 6.45) is 24.8. The molecule has 4 saturated carbocycles. The standard InChI is InChI=1S/C25H33N5O2.2C24H31N5O2.C23H29N5O2/c26-23-22-13-21(31)16-30(24(22)28-25(27-23)32-17-18-6-1-2-7-18)15-20-9-5-8-19(12-20)14-29-10-3-4-11-29;1-24(7-8-24)16-31-23-26-21(25)20-12-19(30)15-29(22(20)27-23)14-18-6-4-5-17(11-18)13-28-9-2-3-10-28;25-22-21-12-20(30)15-29(23(21)27-24(26-22)31-16-17-5-3-6-17)14-19-8-4-7-18(11-19)13-28-9-1-2-10-28;24-21-20-11-19(29)14-28(22(20)26-23(25-21)30-15-16-6-7-16)13-18-5-3-4-17(10-18)12-27-8-1-2-9-27/h5,8-9,12,18H,1-4,6-7,10-11,13-17H2,(H2,26,27,28);4-6,11H,2-3,7-10,12-16H2,1H3,(H2,25,26,27);4,7-8,11,17H,1-3,5-6,9-10,12-16H2,(H2,25,26,27);3-5,10,16H,1-2,6-9,11-15H2,(H2,24,25,26). The molecule has 20 rings (SSSR count). The average molecular weight is 1690 g/mol. The summed E-state index contributed by atoms with van der Waals surface area (Å²) in [4.78, 5) is 104. The smallest absolute Gasteiger partial charge is 0.320 e. The number of fused-ring (bicyclic) bond motifs is 4. The van der Waals surface area contributed by atoms with Crippen LogP contribution in [0.2, 0.25) is 0 Å². The van der Waals surface area contributed by atoms with Crippen LogP contribution < -0.4 is 61.5 Å². The van der Waals surface area contributed by atoms with Gasteiger partial charge < -0.3 is 61.5 Å². The van der Waals surface area contributed by atoms with Crippen molar-refractivity contribution in [2.75, 3.05) is 147 Å². The van der Waals surface area contributed by atoms with E-state index in [0.29, 0.717) is 144 Å². The van der Waals surface area contributed by atoms with Crippen molar-refractivity contribution in [1.82, 2.24) is 59.5 Å². The number of nitrogens with two attached hydrogens (primary N) is 4. The average Bonchev–Trinajstić information content (AvgIpc) is 1.14. The van der Waals surface area contributed by atoms with Crippen LogP contribution in [-0.4, -0.2) is 188 Å². The Labute approximate surface area is 729 Å². The van der Waals surface area contributed by atoms with Gasteiger partial charge in [-0.2, -0.15) is 39.9 Å². The number of anilines is 8. The molecule has 0 atom stereocenters. The molecule has 12 aliphatic rings. The topological polar surface area (TPSA) is 338 Å². The third kappa shape index (κ3) is 22.9. The Balaban J connectivity index is 0.000000117. The van der Waals surface area contributed by atoms with Gasteiger partial charge in [0.2, 0.25) is 0 Å². The van der Waals surface area contributed by atoms with E-state index in [4.69, 9.17) is 46.9 Å². The molecule has 4 aromatic carbocycles. The zero-order valence-corrected chi connectivity index (χ0v) is 72.4. The molecule has 28 nitrogen and oxygen atoms in total. The number of nitrogen functional groups attached to an aromatic ring is 4. The molecule has 656 valence electrons. The van der Waals surface area contributed by atoms with E-state index in [1.165, 1.54) is 219 Å². The highest BCUT2D eigenvalue weighted by molar-refractivity contribution is 5.93. The fourth-order valence-corrected chi connectivity index (χ4v) is 18.8. The number of ketones is 4. The lowest BCUT2D eigenvalue weighted by molar-refractivity contribution is -0.118. The normalized spacial score (nSPS) is 19.5. The van der Waals surface area contributed by atoms with E-state index in [2.05, 4.69) is 158 Å². The summed E-state index contributed by atoms with van der Waals surface area (Å²) >= 11 is 0. The Hall–Kier alpha value is -10.7. The van der Waals surface area contributed by atoms with Crippen molar-refractivity contribution in [2.24, 2.45) is 23.2 Å². The Morgan fingerprint density at radius 1 is 0.315 bits per heavy atom. The first kappa shape index (κ1) is 85.5. The van der Waals surface area contributed by atoms with Crippen molar-refractivity contribution in [1.29, 1.82) is 0 Å². The van der Waals surface area contributed by atoms with Gasteiger partial charge >= 0.3 is 24.0 Å². The third-order valence-corrected chi connectivity index (χ3v) is 26.4. The molecule has 8 aromatic rings. The first-order valence-electron chi connectivity index (χ1n) is 45.8. The Kier molecular flexibility index (Phi) is 27.3. The number of likely N-dealkylation sites (tertiary alicyclic amines) is 4. The molecule has 12 heterocycles. The second-order valence-electron chi connectivity index (χ2n) is 37.2. The van der Waals surface area contributed by atoms with Crippen molar-refractivity contribution in [3.05, 3.63) is 164 Å². The number of benzene rings is 4. The summed E-state index contributed by atoms with van der Waals surface area (Å²) in [7, 11) is 0. The second-order valence-corrected chi connectivity index (χ2v) is 37.2. The highest BCUT2D eigenvalue weighted by Gasteiger charge is 2.40. The zero-order valence-electron chi connectivity index (χ0n) is 72.4. The fourth-order valence-electron chi connectivity index (χ4n) is 18.8. The monoisotopic (exact) mass is 1680 g/mol. The molecule has 8 aliphatic heterocycles. The number of hydrogen-bond acceptors (Lipinski definition) is 28. The number of Topliss-reactive ketones (excluding diaryl/α,β-unsaturated/α-hetero) is 4. The predicted molar refractivity (Wildman–Crippen MR) is 480 cm³/mol. The molecule has 4 aliphatic carbocycles. The van der Waals surface area contributed by atoms with Crippen molar-refractivity contribution >= 4 is 69.7 Å². The van der Waals surface area contributed by atoms with Crippen LogP contribution in [0, 0.1) is 23.2 Å². The van der Waals surface area contributed by atoms with Gasteiger partial charge in [0.15, 0.2) is 23.1 Å². The summed E-state index contributed by atoms with van der Waals surface area (Å²) in [6, 6.07) is 35.9. The molecule has 0 radical (unpaired) electrons. The predicted octanol–water partition coefficient (Wildman–Crippen LogP) is 11.9. The SMILES string of the molecule is CC1(COc2nc(N)c3c(n2)N(Cc2cccc(CN4CCCC4)c2)CC(=O)C3)CC1.Nc1nc(OCC2CC2)nc2c1CC(=O)CN2Cc1cccc(CN2CCCC2)c1.Nc1nc(OCC2CCC2)nc2c1CC(=O)CN2Cc1cccc(CN2CCCC2)c1.Nc1nc(OCC2CCCC2)nc2c1CC(=O)CN2Cc1cccc(CN2CCCC2)c1. The Morgan fingerprint density at radius 3 is 0.798 bits per heavy atom. The number of rotatable bonds is 28. The molecule has 124 heavy (non-hydrogen) atoms. The molecule has 4 aromatic heterocycles. The lowest BCUT2D eigenvalue weighted by Gasteiger charge is -2.30. The van der Waals surface area contributed by atoms with Gasteiger partial charge in [-0.25, -0.2) is 0 Å². The minimum atomic E-state index is 0.134. The highest BCUT2D eigenvalue weighted by atomic mass is 16.5. The lowest BCUT2D eigenvalue weighted by atomic mass is 9.86. The third-order valence-electron chi connectivity index (χ3n) is 26.4. The van der Waals surface area contributed by atoms with Crippen LogP contribution in [0.15, 0.2) is 97.1 Å². The number of carbonyl (C=O) groups excluding carboxylic acids is 4. The maximum Gasteiger partial charge on any atom is 0.320 e. The molecule has 8 N–H and O–H groups in total. The quantitative estimate of drug-likeness (QED) is 0.0354. The van der Waals surface area contributed by atoms with Crippen LogP contribution in [0.1, 0.15) is 196 Å². The van der Waals surface area contributed by atoms with Gasteiger partial charge in [-0.1, -0.05) is 123 Å². The van der Waals surface area contributed by atoms with Gasteiger partial charge in [0.05, 0.1) is 52.6 Å². The van der Waals surface area contributed by atoms with E-state index in [1.54, 1.807) is 0 Å². The largest absolute Gasteiger partial charge is 0.463 e. The van der Waals surface area contributed by atoms with E-state index in [0.717, 1.165) is 71.7 Å². The number of carbonyl (C=O) groups is 4. The molecule has 28 heteroatoms. The summed E-state index contributed by atoms with van der Waals surface area (Å²) < 4.78 is 23.4. The second kappa shape index (κ2) is 39.7. The minimum absolute atomic E-state index is 0.134. The summed E-state index contributed by atoms with van der Waals surface area (Å²) in [5.74, 6) is 6.69. The van der Waals surface area contributed by atoms with Crippen LogP contribution in [-0.2, 0) is 97.2 Å². The molecule has 8 fully saturated rings. The van der Waals surface area contributed by atoms with Gasteiger partial charge in [-0.15, -0.1) is 0 Å². The van der Waals surface area contributed by atoms with E-state index >= 15 is 0 Å². The Bertz CT molecular complexity index is 5090. The van der Waals surface area contributed by atoms with E-state index < -0.39 is 0 Å². The molecule has 0 amide bonds. The maximum absolute atomic E-state index is 12.5. The number of nitrogens with zero attached hydrogens (tertiary/aromatic N) is 16. The van der Waals surface area contributed by atoms with Gasteiger partial charge in [0.25, 0.3) is 0 Å². The van der Waals surface area contributed by atoms with Crippen LogP contribution in [0.25, 0.3) is 0 Å². The molecule has 0 unspecified atom stereocenters.